The first-order valence-electron chi connectivity index (χ1n) is 6.53. The third-order valence-electron chi connectivity index (χ3n) is 3.94. The van der Waals surface area contributed by atoms with E-state index in [2.05, 4.69) is 40.3 Å². The first kappa shape index (κ1) is 12.8. The van der Waals surface area contributed by atoms with Crippen LogP contribution in [0.4, 0.5) is 0 Å². The molecular formula is C15H28. The van der Waals surface area contributed by atoms with Gasteiger partial charge in [-0.1, -0.05) is 46.6 Å². The second-order valence-corrected chi connectivity index (χ2v) is 6.66. The van der Waals surface area contributed by atoms with Gasteiger partial charge in [-0.25, -0.2) is 0 Å². The second kappa shape index (κ2) is 4.72. The predicted octanol–water partition coefficient (Wildman–Crippen LogP) is 5.20. The van der Waals surface area contributed by atoms with Crippen molar-refractivity contribution in [1.29, 1.82) is 0 Å². The molecule has 0 amide bonds. The number of allylic oxidation sites excluding steroid dienone is 1. The van der Waals surface area contributed by atoms with Crippen LogP contribution in [0.3, 0.4) is 0 Å². The smallest absolute Gasteiger partial charge is 0.0226 e. The Hall–Kier alpha value is -0.260. The van der Waals surface area contributed by atoms with E-state index in [0.29, 0.717) is 10.8 Å². The molecule has 0 aromatic heterocycles. The Morgan fingerprint density at radius 1 is 1.27 bits per heavy atom. The molecule has 1 fully saturated rings. The van der Waals surface area contributed by atoms with Gasteiger partial charge in [0.2, 0.25) is 0 Å². The summed E-state index contributed by atoms with van der Waals surface area (Å²) in [7, 11) is 0. The van der Waals surface area contributed by atoms with Crippen molar-refractivity contribution in [3.8, 4) is 0 Å². The van der Waals surface area contributed by atoms with Gasteiger partial charge in [0.05, 0.1) is 0 Å². The fraction of sp³-hybridized carbons (Fsp3) is 0.867. The van der Waals surface area contributed by atoms with E-state index < -0.39 is 0 Å². The quantitative estimate of drug-likeness (QED) is 0.557. The van der Waals surface area contributed by atoms with E-state index in [1.165, 1.54) is 38.5 Å². The number of hydrogen-bond acceptors (Lipinski definition) is 0. The Bertz CT molecular complexity index is 214. The van der Waals surface area contributed by atoms with E-state index >= 15 is 0 Å². The zero-order chi connectivity index (χ0) is 11.5. The van der Waals surface area contributed by atoms with Gasteiger partial charge in [0.1, 0.15) is 0 Å². The second-order valence-electron chi connectivity index (χ2n) is 6.66. The molecule has 0 spiro atoms. The Morgan fingerprint density at radius 2 is 1.93 bits per heavy atom. The van der Waals surface area contributed by atoms with Crippen LogP contribution in [0.15, 0.2) is 12.7 Å². The maximum atomic E-state index is 4.00. The van der Waals surface area contributed by atoms with Gasteiger partial charge in [0, 0.05) is 0 Å². The highest BCUT2D eigenvalue weighted by Gasteiger charge is 2.39. The van der Waals surface area contributed by atoms with Crippen LogP contribution in [0.2, 0.25) is 0 Å². The third-order valence-corrected chi connectivity index (χ3v) is 3.94. The van der Waals surface area contributed by atoms with Crippen molar-refractivity contribution in [1.82, 2.24) is 0 Å². The predicted molar refractivity (Wildman–Crippen MR) is 69.0 cm³/mol. The molecule has 1 saturated carbocycles. The van der Waals surface area contributed by atoms with Gasteiger partial charge in [-0.3, -0.25) is 0 Å². The van der Waals surface area contributed by atoms with E-state index in [1.54, 1.807) is 0 Å². The summed E-state index contributed by atoms with van der Waals surface area (Å²) in [5, 5.41) is 0. The van der Waals surface area contributed by atoms with Crippen LogP contribution < -0.4 is 0 Å². The highest BCUT2D eigenvalue weighted by molar-refractivity contribution is 4.96. The van der Waals surface area contributed by atoms with E-state index in [4.69, 9.17) is 0 Å². The van der Waals surface area contributed by atoms with E-state index in [1.807, 2.05) is 0 Å². The van der Waals surface area contributed by atoms with Crippen molar-refractivity contribution < 1.29 is 0 Å². The highest BCUT2D eigenvalue weighted by Crippen LogP contribution is 2.51. The molecule has 15 heavy (non-hydrogen) atoms. The Kier molecular flexibility index (Phi) is 4.03. The average Bonchev–Trinajstić information content (AvgIpc) is 2.12. The van der Waals surface area contributed by atoms with Gasteiger partial charge < -0.3 is 0 Å². The minimum Gasteiger partial charge on any atom is -0.103 e. The van der Waals surface area contributed by atoms with E-state index in [-0.39, 0.29) is 0 Å². The Morgan fingerprint density at radius 3 is 2.47 bits per heavy atom. The lowest BCUT2D eigenvalue weighted by Crippen LogP contribution is -2.35. The largest absolute Gasteiger partial charge is 0.103 e. The fourth-order valence-corrected chi connectivity index (χ4v) is 3.68. The molecule has 1 rings (SSSR count). The molecule has 2 atom stereocenters. The first-order valence-corrected chi connectivity index (χ1v) is 6.53. The van der Waals surface area contributed by atoms with Crippen molar-refractivity contribution in [3.05, 3.63) is 12.7 Å². The van der Waals surface area contributed by atoms with Crippen molar-refractivity contribution >= 4 is 0 Å². The van der Waals surface area contributed by atoms with Crippen LogP contribution in [-0.2, 0) is 0 Å². The van der Waals surface area contributed by atoms with Gasteiger partial charge in [-0.2, -0.15) is 0 Å². The zero-order valence-corrected chi connectivity index (χ0v) is 11.1. The molecule has 0 saturated heterocycles. The standard InChI is InChI=1S/C15H28/c1-6-8-9-15(5)11-13(7-2)10-14(3,4)12-15/h7,13H,2,6,8-12H2,1,3-5H3. The van der Waals surface area contributed by atoms with Gasteiger partial charge in [-0.05, 0) is 42.4 Å². The molecule has 0 heteroatoms. The number of rotatable bonds is 4. The summed E-state index contributed by atoms with van der Waals surface area (Å²) < 4.78 is 0. The lowest BCUT2D eigenvalue weighted by atomic mass is 9.59. The van der Waals surface area contributed by atoms with Crippen molar-refractivity contribution in [2.24, 2.45) is 16.7 Å². The topological polar surface area (TPSA) is 0 Å². The Labute approximate surface area is 96.2 Å². The SMILES string of the molecule is C=CC1CC(C)(C)CC(C)(CCCC)C1. The summed E-state index contributed by atoms with van der Waals surface area (Å²) in [5.74, 6) is 0.746. The third kappa shape index (κ3) is 3.66. The highest BCUT2D eigenvalue weighted by atomic mass is 14.4. The van der Waals surface area contributed by atoms with E-state index in [9.17, 15) is 0 Å². The summed E-state index contributed by atoms with van der Waals surface area (Å²) in [6, 6.07) is 0. The number of hydrogen-bond donors (Lipinski definition) is 0. The molecule has 0 aromatic carbocycles. The molecular weight excluding hydrogens is 180 g/mol. The molecule has 1 aliphatic rings. The molecule has 0 N–H and O–H groups in total. The lowest BCUT2D eigenvalue weighted by Gasteiger charge is -2.46. The van der Waals surface area contributed by atoms with Crippen LogP contribution >= 0.6 is 0 Å². The molecule has 88 valence electrons. The summed E-state index contributed by atoms with van der Waals surface area (Å²) in [4.78, 5) is 0. The van der Waals surface area contributed by atoms with Crippen LogP contribution in [-0.4, -0.2) is 0 Å². The Balaban J connectivity index is 2.67. The minimum atomic E-state index is 0.513. The first-order chi connectivity index (χ1) is 6.91. The summed E-state index contributed by atoms with van der Waals surface area (Å²) >= 11 is 0. The summed E-state index contributed by atoms with van der Waals surface area (Å²) in [6.45, 7) is 13.6. The van der Waals surface area contributed by atoms with Crippen LogP contribution in [0.25, 0.3) is 0 Å². The van der Waals surface area contributed by atoms with Crippen molar-refractivity contribution in [3.63, 3.8) is 0 Å². The maximum Gasteiger partial charge on any atom is -0.0226 e. The molecule has 1 aliphatic carbocycles. The molecule has 2 unspecified atom stereocenters. The molecule has 0 nitrogen and oxygen atoms in total. The van der Waals surface area contributed by atoms with Crippen molar-refractivity contribution in [2.45, 2.75) is 66.2 Å². The van der Waals surface area contributed by atoms with Gasteiger partial charge in [-0.15, -0.1) is 6.58 Å². The number of unbranched alkanes of at least 4 members (excludes halogenated alkanes) is 1. The molecule has 0 heterocycles. The molecule has 0 bridgehead atoms. The fourth-order valence-electron chi connectivity index (χ4n) is 3.68. The minimum absolute atomic E-state index is 0.513. The molecule has 0 radical (unpaired) electrons. The van der Waals surface area contributed by atoms with Crippen LogP contribution in [0.5, 0.6) is 0 Å². The van der Waals surface area contributed by atoms with Crippen molar-refractivity contribution in [2.75, 3.05) is 0 Å². The average molecular weight is 208 g/mol. The molecule has 0 aromatic rings. The van der Waals surface area contributed by atoms with Gasteiger partial charge >= 0.3 is 0 Å². The summed E-state index contributed by atoms with van der Waals surface area (Å²) in [6.07, 6.45) is 10.4. The van der Waals surface area contributed by atoms with Crippen LogP contribution in [0.1, 0.15) is 66.2 Å². The normalized spacial score (nSPS) is 35.1. The summed E-state index contributed by atoms with van der Waals surface area (Å²) in [5.41, 5.74) is 1.08. The zero-order valence-electron chi connectivity index (χ0n) is 11.1. The van der Waals surface area contributed by atoms with E-state index in [0.717, 1.165) is 5.92 Å². The molecule has 0 aliphatic heterocycles. The van der Waals surface area contributed by atoms with Gasteiger partial charge in [0.25, 0.3) is 0 Å². The monoisotopic (exact) mass is 208 g/mol. The van der Waals surface area contributed by atoms with Crippen LogP contribution in [0, 0.1) is 16.7 Å². The maximum absolute atomic E-state index is 4.00. The van der Waals surface area contributed by atoms with Gasteiger partial charge in [0.15, 0.2) is 0 Å². The lowest BCUT2D eigenvalue weighted by molar-refractivity contribution is 0.0624.